The molecule has 2 rings (SSSR count). The molecule has 0 amide bonds. The van der Waals surface area contributed by atoms with Crippen molar-refractivity contribution in [1.82, 2.24) is 5.32 Å². The first-order valence-corrected chi connectivity index (χ1v) is 6.31. The second-order valence-electron chi connectivity index (χ2n) is 4.50. The molecule has 0 heterocycles. The second kappa shape index (κ2) is 5.61. The van der Waals surface area contributed by atoms with Crippen molar-refractivity contribution in [3.63, 3.8) is 0 Å². The number of alkyl halides is 3. The molecular formula is C15H16F3N. The first-order valence-electron chi connectivity index (χ1n) is 6.31. The van der Waals surface area contributed by atoms with Gasteiger partial charge in [0.05, 0.1) is 0 Å². The van der Waals surface area contributed by atoms with Crippen LogP contribution in [0, 0.1) is 0 Å². The zero-order chi connectivity index (χ0) is 13.9. The molecular weight excluding hydrogens is 251 g/mol. The summed E-state index contributed by atoms with van der Waals surface area (Å²) in [5, 5.41) is 4.07. The number of benzene rings is 2. The average molecular weight is 267 g/mol. The van der Waals surface area contributed by atoms with E-state index in [1.54, 1.807) is 24.3 Å². The molecule has 1 unspecified atom stereocenters. The van der Waals surface area contributed by atoms with Crippen molar-refractivity contribution in [3.8, 4) is 0 Å². The van der Waals surface area contributed by atoms with Crippen molar-refractivity contribution in [2.24, 2.45) is 0 Å². The van der Waals surface area contributed by atoms with Crippen LogP contribution >= 0.6 is 0 Å². The van der Waals surface area contributed by atoms with Crippen molar-refractivity contribution in [1.29, 1.82) is 0 Å². The van der Waals surface area contributed by atoms with Crippen molar-refractivity contribution in [3.05, 3.63) is 48.0 Å². The zero-order valence-electron chi connectivity index (χ0n) is 10.7. The summed E-state index contributed by atoms with van der Waals surface area (Å²) in [5.41, 5.74) is 0.291. The van der Waals surface area contributed by atoms with E-state index in [4.69, 9.17) is 0 Å². The van der Waals surface area contributed by atoms with Crippen LogP contribution < -0.4 is 5.32 Å². The normalized spacial score (nSPS) is 13.7. The van der Waals surface area contributed by atoms with Gasteiger partial charge in [-0.25, -0.2) is 0 Å². The number of fused-ring (bicyclic) bond motifs is 1. The molecule has 1 atom stereocenters. The Morgan fingerprint density at radius 3 is 2.42 bits per heavy atom. The third-order valence-corrected chi connectivity index (χ3v) is 3.06. The van der Waals surface area contributed by atoms with E-state index in [-0.39, 0.29) is 0 Å². The molecule has 0 aliphatic carbocycles. The number of rotatable bonds is 4. The molecule has 19 heavy (non-hydrogen) atoms. The van der Waals surface area contributed by atoms with Crippen molar-refractivity contribution in [2.75, 3.05) is 6.54 Å². The minimum absolute atomic E-state index is 0.291. The lowest BCUT2D eigenvalue weighted by atomic mass is 9.98. The smallest absolute Gasteiger partial charge is 0.302 e. The van der Waals surface area contributed by atoms with Gasteiger partial charge in [-0.3, -0.25) is 0 Å². The largest absolute Gasteiger partial charge is 0.407 e. The summed E-state index contributed by atoms with van der Waals surface area (Å²) in [6, 6.07) is 10.6. The maximum Gasteiger partial charge on any atom is 0.407 e. The molecule has 1 nitrogen and oxygen atoms in total. The molecule has 0 spiro atoms. The quantitative estimate of drug-likeness (QED) is 0.863. The summed E-state index contributed by atoms with van der Waals surface area (Å²) in [4.78, 5) is 0. The summed E-state index contributed by atoms with van der Waals surface area (Å²) in [6.45, 7) is 2.19. The highest BCUT2D eigenvalue weighted by Gasteiger charge is 2.40. The maximum absolute atomic E-state index is 13.2. The summed E-state index contributed by atoms with van der Waals surface area (Å²) in [5.74, 6) is 0. The Balaban J connectivity index is 2.49. The lowest BCUT2D eigenvalue weighted by Crippen LogP contribution is -2.34. The number of nitrogens with one attached hydrogen (secondary N) is 1. The number of halogens is 3. The lowest BCUT2D eigenvalue weighted by Gasteiger charge is -2.23. The van der Waals surface area contributed by atoms with Crippen LogP contribution in [-0.4, -0.2) is 12.7 Å². The predicted molar refractivity (Wildman–Crippen MR) is 71.0 cm³/mol. The fourth-order valence-corrected chi connectivity index (χ4v) is 2.19. The van der Waals surface area contributed by atoms with Gasteiger partial charge >= 0.3 is 6.18 Å². The minimum Gasteiger partial charge on any atom is -0.302 e. The lowest BCUT2D eigenvalue weighted by molar-refractivity contribution is -0.157. The van der Waals surface area contributed by atoms with Gasteiger partial charge in [-0.15, -0.1) is 0 Å². The Hall–Kier alpha value is -1.55. The average Bonchev–Trinajstić information content (AvgIpc) is 2.38. The van der Waals surface area contributed by atoms with Gasteiger partial charge in [0.2, 0.25) is 0 Å². The summed E-state index contributed by atoms with van der Waals surface area (Å²) in [7, 11) is 0. The minimum atomic E-state index is -4.29. The Morgan fingerprint density at radius 2 is 1.74 bits per heavy atom. The first-order chi connectivity index (χ1) is 9.04. The van der Waals surface area contributed by atoms with Crippen LogP contribution in [0.4, 0.5) is 13.2 Å². The molecule has 0 fully saturated rings. The van der Waals surface area contributed by atoms with Crippen LogP contribution in [0.25, 0.3) is 10.8 Å². The molecule has 4 heteroatoms. The van der Waals surface area contributed by atoms with Crippen LogP contribution in [0.2, 0.25) is 0 Å². The van der Waals surface area contributed by atoms with Crippen molar-refractivity contribution >= 4 is 10.8 Å². The Morgan fingerprint density at radius 1 is 1.05 bits per heavy atom. The van der Waals surface area contributed by atoms with E-state index in [2.05, 4.69) is 5.32 Å². The Bertz CT molecular complexity index is 543. The first kappa shape index (κ1) is 13.9. The van der Waals surface area contributed by atoms with Crippen LogP contribution in [0.15, 0.2) is 42.5 Å². The van der Waals surface area contributed by atoms with Crippen LogP contribution in [0.5, 0.6) is 0 Å². The highest BCUT2D eigenvalue weighted by atomic mass is 19.4. The number of hydrogen-bond acceptors (Lipinski definition) is 1. The highest BCUT2D eigenvalue weighted by molar-refractivity contribution is 5.86. The zero-order valence-corrected chi connectivity index (χ0v) is 10.7. The van der Waals surface area contributed by atoms with Gasteiger partial charge in [0.15, 0.2) is 0 Å². The van der Waals surface area contributed by atoms with Gasteiger partial charge in [0.25, 0.3) is 0 Å². The second-order valence-corrected chi connectivity index (χ2v) is 4.50. The van der Waals surface area contributed by atoms with Gasteiger partial charge in [-0.1, -0.05) is 49.4 Å². The number of hydrogen-bond donors (Lipinski definition) is 1. The van der Waals surface area contributed by atoms with Gasteiger partial charge in [-0.05, 0) is 29.3 Å². The van der Waals surface area contributed by atoms with Crippen LogP contribution in [0.1, 0.15) is 24.9 Å². The molecule has 0 saturated heterocycles. The summed E-state index contributed by atoms with van der Waals surface area (Å²) >= 11 is 0. The molecule has 1 N–H and O–H groups in total. The third-order valence-electron chi connectivity index (χ3n) is 3.06. The van der Waals surface area contributed by atoms with Crippen LogP contribution in [-0.2, 0) is 0 Å². The Kier molecular flexibility index (Phi) is 4.10. The van der Waals surface area contributed by atoms with Gasteiger partial charge in [0, 0.05) is 0 Å². The third kappa shape index (κ3) is 3.07. The van der Waals surface area contributed by atoms with E-state index in [9.17, 15) is 13.2 Å². The predicted octanol–water partition coefficient (Wildman–Crippen LogP) is 4.44. The monoisotopic (exact) mass is 267 g/mol. The van der Waals surface area contributed by atoms with E-state index < -0.39 is 12.2 Å². The van der Waals surface area contributed by atoms with E-state index >= 15 is 0 Å². The van der Waals surface area contributed by atoms with Crippen molar-refractivity contribution < 1.29 is 13.2 Å². The van der Waals surface area contributed by atoms with Gasteiger partial charge in [-0.2, -0.15) is 13.2 Å². The molecule has 2 aromatic carbocycles. The van der Waals surface area contributed by atoms with E-state index in [1.807, 2.05) is 25.1 Å². The van der Waals surface area contributed by atoms with Crippen LogP contribution in [0.3, 0.4) is 0 Å². The SMILES string of the molecule is CCCNC(c1cccc2ccccc12)C(F)(F)F. The van der Waals surface area contributed by atoms with E-state index in [1.165, 1.54) is 0 Å². The summed E-state index contributed by atoms with van der Waals surface area (Å²) in [6.07, 6.45) is -3.63. The Labute approximate surface area is 110 Å². The fraction of sp³-hybridized carbons (Fsp3) is 0.333. The standard InChI is InChI=1S/C15H16F3N/c1-2-10-19-14(15(16,17)18)13-9-5-7-11-6-3-4-8-12(11)13/h3-9,14,19H,2,10H2,1H3. The summed E-state index contributed by atoms with van der Waals surface area (Å²) < 4.78 is 39.6. The van der Waals surface area contributed by atoms with E-state index in [0.29, 0.717) is 23.9 Å². The molecule has 0 aliphatic rings. The molecule has 0 aliphatic heterocycles. The maximum atomic E-state index is 13.2. The molecule has 2 aromatic rings. The van der Waals surface area contributed by atoms with Gasteiger partial charge < -0.3 is 5.32 Å². The highest BCUT2D eigenvalue weighted by Crippen LogP contribution is 2.36. The molecule has 0 bridgehead atoms. The molecule has 0 saturated carbocycles. The molecule has 0 radical (unpaired) electrons. The fourth-order valence-electron chi connectivity index (χ4n) is 2.19. The molecule has 0 aromatic heterocycles. The molecule has 102 valence electrons. The van der Waals surface area contributed by atoms with Gasteiger partial charge in [0.1, 0.15) is 6.04 Å². The topological polar surface area (TPSA) is 12.0 Å². The van der Waals surface area contributed by atoms with E-state index in [0.717, 1.165) is 5.39 Å². The van der Waals surface area contributed by atoms with Crippen molar-refractivity contribution in [2.45, 2.75) is 25.6 Å².